The monoisotopic (exact) mass is 356 g/mol. The fourth-order valence-corrected chi connectivity index (χ4v) is 3.13. The van der Waals surface area contributed by atoms with Gasteiger partial charge in [-0.05, 0) is 43.2 Å². The summed E-state index contributed by atoms with van der Waals surface area (Å²) in [5, 5.41) is 12.6. The fourth-order valence-electron chi connectivity index (χ4n) is 3.13. The Kier molecular flexibility index (Phi) is 5.21. The van der Waals surface area contributed by atoms with E-state index >= 15 is 0 Å². The van der Waals surface area contributed by atoms with Gasteiger partial charge in [0, 0.05) is 30.6 Å². The van der Waals surface area contributed by atoms with Gasteiger partial charge in [-0.25, -0.2) is 4.39 Å². The number of hydrogen-bond acceptors (Lipinski definition) is 3. The van der Waals surface area contributed by atoms with Gasteiger partial charge in [-0.15, -0.1) is 0 Å². The summed E-state index contributed by atoms with van der Waals surface area (Å²) in [6, 6.07) is 10.8. The second kappa shape index (κ2) is 7.56. The molecule has 3 rings (SSSR count). The van der Waals surface area contributed by atoms with Crippen molar-refractivity contribution in [2.45, 2.75) is 25.8 Å². The van der Waals surface area contributed by atoms with E-state index in [1.54, 1.807) is 36.1 Å². The van der Waals surface area contributed by atoms with E-state index in [1.165, 1.54) is 18.2 Å². The van der Waals surface area contributed by atoms with Gasteiger partial charge in [0.15, 0.2) is 0 Å². The first-order valence-electron chi connectivity index (χ1n) is 8.55. The zero-order chi connectivity index (χ0) is 18.7. The summed E-state index contributed by atoms with van der Waals surface area (Å²) in [6.07, 6.45) is 0.894. The number of nitrogens with zero attached hydrogens (tertiary/aromatic N) is 1. The lowest BCUT2D eigenvalue weighted by Crippen LogP contribution is -2.37. The van der Waals surface area contributed by atoms with Crippen LogP contribution in [0.2, 0.25) is 0 Å². The minimum absolute atomic E-state index is 0.00922. The number of benzene rings is 2. The molecule has 0 aliphatic carbocycles. The number of nitrogens with one attached hydrogen (secondary N) is 1. The Morgan fingerprint density at radius 3 is 2.73 bits per heavy atom. The predicted molar refractivity (Wildman–Crippen MR) is 95.4 cm³/mol. The summed E-state index contributed by atoms with van der Waals surface area (Å²) < 4.78 is 12.9. The van der Waals surface area contributed by atoms with Crippen molar-refractivity contribution in [2.75, 3.05) is 13.1 Å². The van der Waals surface area contributed by atoms with E-state index in [0.29, 0.717) is 30.6 Å². The quantitative estimate of drug-likeness (QED) is 0.864. The van der Waals surface area contributed by atoms with Crippen molar-refractivity contribution in [3.8, 4) is 5.75 Å². The summed E-state index contributed by atoms with van der Waals surface area (Å²) in [7, 11) is 0. The highest BCUT2D eigenvalue weighted by atomic mass is 19.1. The van der Waals surface area contributed by atoms with Crippen LogP contribution in [0.1, 0.15) is 27.9 Å². The van der Waals surface area contributed by atoms with Gasteiger partial charge in [-0.1, -0.05) is 18.2 Å². The van der Waals surface area contributed by atoms with Crippen molar-refractivity contribution in [2.24, 2.45) is 0 Å². The maximum atomic E-state index is 12.9. The molecule has 0 unspecified atom stereocenters. The minimum Gasteiger partial charge on any atom is -0.508 e. The maximum Gasteiger partial charge on any atom is 0.251 e. The Bertz CT molecular complexity index is 820. The summed E-state index contributed by atoms with van der Waals surface area (Å²) in [6.45, 7) is 2.66. The van der Waals surface area contributed by atoms with Crippen molar-refractivity contribution >= 4 is 11.8 Å². The van der Waals surface area contributed by atoms with Crippen LogP contribution in [0.4, 0.5) is 4.39 Å². The van der Waals surface area contributed by atoms with Gasteiger partial charge in [-0.2, -0.15) is 0 Å². The molecule has 1 fully saturated rings. The van der Waals surface area contributed by atoms with Crippen LogP contribution in [-0.4, -0.2) is 41.0 Å². The lowest BCUT2D eigenvalue weighted by atomic mass is 10.1. The highest BCUT2D eigenvalue weighted by Gasteiger charge is 2.30. The standard InChI is InChI=1S/C20H21FN2O3/c1-13-17(3-2-4-18(13)24)20(26)22-16-11-19(25)23(12-16)10-9-14-5-7-15(21)8-6-14/h2-8,16,24H,9-12H2,1H3,(H,22,26)/t16-/m0/s1. The van der Waals surface area contributed by atoms with Crippen LogP contribution in [0.5, 0.6) is 5.75 Å². The Balaban J connectivity index is 1.56. The predicted octanol–water partition coefficient (Wildman–Crippen LogP) is 2.41. The zero-order valence-electron chi connectivity index (χ0n) is 14.5. The number of carbonyl (C=O) groups excluding carboxylic acids is 2. The number of carbonyl (C=O) groups is 2. The molecule has 5 nitrogen and oxygen atoms in total. The summed E-state index contributed by atoms with van der Waals surface area (Å²) in [5.74, 6) is -0.515. The topological polar surface area (TPSA) is 69.6 Å². The fraction of sp³-hybridized carbons (Fsp3) is 0.300. The van der Waals surface area contributed by atoms with Crippen LogP contribution in [0.15, 0.2) is 42.5 Å². The largest absolute Gasteiger partial charge is 0.508 e. The molecule has 136 valence electrons. The second-order valence-electron chi connectivity index (χ2n) is 6.54. The Hall–Kier alpha value is -2.89. The van der Waals surface area contributed by atoms with Crippen LogP contribution in [0.3, 0.4) is 0 Å². The van der Waals surface area contributed by atoms with Gasteiger partial charge in [0.1, 0.15) is 11.6 Å². The highest BCUT2D eigenvalue weighted by Crippen LogP contribution is 2.20. The number of phenols is 1. The maximum absolute atomic E-state index is 12.9. The van der Waals surface area contributed by atoms with E-state index in [4.69, 9.17) is 0 Å². The second-order valence-corrected chi connectivity index (χ2v) is 6.54. The number of likely N-dealkylation sites (tertiary alicyclic amines) is 1. The first kappa shape index (κ1) is 17.9. The van der Waals surface area contributed by atoms with E-state index in [0.717, 1.165) is 5.56 Å². The zero-order valence-corrected chi connectivity index (χ0v) is 14.5. The Morgan fingerprint density at radius 2 is 2.00 bits per heavy atom. The third kappa shape index (κ3) is 4.02. The molecule has 0 radical (unpaired) electrons. The molecule has 1 heterocycles. The van der Waals surface area contributed by atoms with Crippen LogP contribution in [-0.2, 0) is 11.2 Å². The molecule has 0 saturated carbocycles. The van der Waals surface area contributed by atoms with Crippen molar-refractivity contribution in [3.05, 3.63) is 65.0 Å². The van der Waals surface area contributed by atoms with Crippen LogP contribution < -0.4 is 5.32 Å². The minimum atomic E-state index is -0.295. The van der Waals surface area contributed by atoms with Gasteiger partial charge < -0.3 is 15.3 Å². The van der Waals surface area contributed by atoms with E-state index in [-0.39, 0.29) is 35.8 Å². The molecule has 1 atom stereocenters. The van der Waals surface area contributed by atoms with Crippen molar-refractivity contribution in [1.29, 1.82) is 0 Å². The average Bonchev–Trinajstić information content (AvgIpc) is 2.96. The highest BCUT2D eigenvalue weighted by molar-refractivity contribution is 5.97. The summed E-state index contributed by atoms with van der Waals surface area (Å²) in [4.78, 5) is 26.3. The number of aromatic hydroxyl groups is 1. The third-order valence-electron chi connectivity index (χ3n) is 4.68. The molecule has 1 saturated heterocycles. The molecule has 0 aromatic heterocycles. The van der Waals surface area contributed by atoms with Gasteiger partial charge in [0.05, 0.1) is 6.04 Å². The average molecular weight is 356 g/mol. The molecule has 1 aliphatic heterocycles. The molecule has 2 aromatic rings. The molecule has 6 heteroatoms. The molecule has 0 spiro atoms. The van der Waals surface area contributed by atoms with Gasteiger partial charge in [-0.3, -0.25) is 9.59 Å². The number of rotatable bonds is 5. The number of halogens is 1. The summed E-state index contributed by atoms with van der Waals surface area (Å²) >= 11 is 0. The van der Waals surface area contributed by atoms with Crippen LogP contribution in [0.25, 0.3) is 0 Å². The van der Waals surface area contributed by atoms with Gasteiger partial charge in [0.2, 0.25) is 5.91 Å². The lowest BCUT2D eigenvalue weighted by molar-refractivity contribution is -0.127. The summed E-state index contributed by atoms with van der Waals surface area (Å²) in [5.41, 5.74) is 1.88. The lowest BCUT2D eigenvalue weighted by Gasteiger charge is -2.17. The molecule has 2 amide bonds. The van der Waals surface area contributed by atoms with Gasteiger partial charge in [0.25, 0.3) is 5.91 Å². The Morgan fingerprint density at radius 1 is 1.27 bits per heavy atom. The third-order valence-corrected chi connectivity index (χ3v) is 4.68. The van der Waals surface area contributed by atoms with Gasteiger partial charge >= 0.3 is 0 Å². The number of phenolic OH excluding ortho intramolecular Hbond substituents is 1. The van der Waals surface area contributed by atoms with E-state index in [2.05, 4.69) is 5.32 Å². The van der Waals surface area contributed by atoms with E-state index in [9.17, 15) is 19.1 Å². The number of amides is 2. The van der Waals surface area contributed by atoms with E-state index < -0.39 is 0 Å². The smallest absolute Gasteiger partial charge is 0.251 e. The molecule has 2 N–H and O–H groups in total. The van der Waals surface area contributed by atoms with E-state index in [1.807, 2.05) is 0 Å². The molecule has 1 aliphatic rings. The van der Waals surface area contributed by atoms with Crippen molar-refractivity contribution in [1.82, 2.24) is 10.2 Å². The Labute approximate surface area is 151 Å². The van der Waals surface area contributed by atoms with Crippen molar-refractivity contribution in [3.63, 3.8) is 0 Å². The molecular weight excluding hydrogens is 335 g/mol. The van der Waals surface area contributed by atoms with Crippen LogP contribution in [0, 0.1) is 12.7 Å². The molecule has 2 aromatic carbocycles. The van der Waals surface area contributed by atoms with Crippen molar-refractivity contribution < 1.29 is 19.1 Å². The molecular formula is C20H21FN2O3. The first-order valence-corrected chi connectivity index (χ1v) is 8.55. The number of hydrogen-bond donors (Lipinski definition) is 2. The SMILES string of the molecule is Cc1c(O)cccc1C(=O)N[C@H]1CC(=O)N(CCc2ccc(F)cc2)C1. The normalized spacial score (nSPS) is 16.8. The molecule has 26 heavy (non-hydrogen) atoms. The molecule has 0 bridgehead atoms. The first-order chi connectivity index (χ1) is 12.4. The van der Waals surface area contributed by atoms with Crippen LogP contribution >= 0.6 is 0 Å².